The number of nitro benzene ring substituents is 1. The van der Waals surface area contributed by atoms with Crippen LogP contribution < -0.4 is 14.4 Å². The summed E-state index contributed by atoms with van der Waals surface area (Å²) in [7, 11) is -2.77. The summed E-state index contributed by atoms with van der Waals surface area (Å²) in [5, 5.41) is 14.1. The fourth-order valence-electron chi connectivity index (χ4n) is 4.01. The number of non-ortho nitro benzene ring substituents is 1. The zero-order chi connectivity index (χ0) is 30.4. The van der Waals surface area contributed by atoms with Crippen molar-refractivity contribution in [1.82, 2.24) is 10.2 Å². The maximum atomic E-state index is 14.0. The summed E-state index contributed by atoms with van der Waals surface area (Å²) in [4.78, 5) is 38.9. The quantitative estimate of drug-likeness (QED) is 0.265. The number of anilines is 1. The molecule has 0 aliphatic carbocycles. The van der Waals surface area contributed by atoms with Crippen LogP contribution in [-0.2, 0) is 26.2 Å². The number of benzene rings is 3. The summed E-state index contributed by atoms with van der Waals surface area (Å²) >= 11 is 0. The Bertz CT molecular complexity index is 1490. The zero-order valence-electron chi connectivity index (χ0n) is 23.6. The first-order chi connectivity index (χ1) is 19.2. The van der Waals surface area contributed by atoms with Gasteiger partial charge in [0.15, 0.2) is 0 Å². The fraction of sp³-hybridized carbons (Fsp3) is 0.310. The molecule has 0 heterocycles. The van der Waals surface area contributed by atoms with Crippen molar-refractivity contribution in [1.29, 1.82) is 0 Å². The molecule has 0 saturated heterocycles. The lowest BCUT2D eigenvalue weighted by Gasteiger charge is -2.33. The normalized spacial score (nSPS) is 12.2. The van der Waals surface area contributed by atoms with Crippen molar-refractivity contribution in [3.8, 4) is 5.75 Å². The van der Waals surface area contributed by atoms with E-state index in [4.69, 9.17) is 4.74 Å². The Balaban J connectivity index is 2.05. The monoisotopic (exact) mass is 582 g/mol. The number of hydrogen-bond acceptors (Lipinski definition) is 7. The number of methoxy groups -OCH3 is 1. The number of hydrogen-bond donors (Lipinski definition) is 1. The lowest BCUT2D eigenvalue weighted by Crippen LogP contribution is -2.54. The highest BCUT2D eigenvalue weighted by molar-refractivity contribution is 7.92. The number of carbonyl (C=O) groups excluding carboxylic acids is 2. The molecule has 2 amide bonds. The number of sulfonamides is 1. The van der Waals surface area contributed by atoms with Crippen LogP contribution in [0.3, 0.4) is 0 Å². The number of nitrogens with one attached hydrogen (secondary N) is 1. The Morgan fingerprint density at radius 1 is 1.00 bits per heavy atom. The van der Waals surface area contributed by atoms with Gasteiger partial charge >= 0.3 is 0 Å². The molecule has 0 spiro atoms. The molecule has 3 aromatic carbocycles. The first kappa shape index (κ1) is 31.1. The molecule has 3 rings (SSSR count). The van der Waals surface area contributed by atoms with E-state index >= 15 is 0 Å². The predicted molar refractivity (Wildman–Crippen MR) is 155 cm³/mol. The van der Waals surface area contributed by atoms with Crippen molar-refractivity contribution >= 4 is 33.2 Å². The van der Waals surface area contributed by atoms with Crippen molar-refractivity contribution < 1.29 is 27.7 Å². The van der Waals surface area contributed by atoms with Gasteiger partial charge < -0.3 is 15.0 Å². The zero-order valence-corrected chi connectivity index (χ0v) is 24.4. The molecular formula is C29H34N4O7S. The average molecular weight is 583 g/mol. The molecule has 1 atom stereocenters. The largest absolute Gasteiger partial charge is 0.497 e. The predicted octanol–water partition coefficient (Wildman–Crippen LogP) is 4.13. The van der Waals surface area contributed by atoms with Gasteiger partial charge in [0, 0.05) is 24.2 Å². The highest BCUT2D eigenvalue weighted by Gasteiger charge is 2.33. The Morgan fingerprint density at radius 3 is 2.20 bits per heavy atom. The molecule has 0 radical (unpaired) electrons. The summed E-state index contributed by atoms with van der Waals surface area (Å²) in [6.07, 6.45) is 0. The number of rotatable bonds is 11. The second kappa shape index (κ2) is 12.8. The Kier molecular flexibility index (Phi) is 9.71. The molecule has 0 bridgehead atoms. The van der Waals surface area contributed by atoms with E-state index in [9.17, 15) is 28.1 Å². The van der Waals surface area contributed by atoms with E-state index in [-0.39, 0.29) is 22.8 Å². The third kappa shape index (κ3) is 8.04. The van der Waals surface area contributed by atoms with E-state index in [1.54, 1.807) is 49.4 Å². The highest BCUT2D eigenvalue weighted by atomic mass is 32.2. The third-order valence-corrected chi connectivity index (χ3v) is 7.90. The minimum atomic E-state index is -4.28. The molecule has 11 nitrogen and oxygen atoms in total. The van der Waals surface area contributed by atoms with Crippen LogP contribution in [0, 0.1) is 10.1 Å². The first-order valence-corrected chi connectivity index (χ1v) is 14.2. The van der Waals surface area contributed by atoms with Crippen LogP contribution in [0.5, 0.6) is 5.75 Å². The molecule has 12 heteroatoms. The van der Waals surface area contributed by atoms with Gasteiger partial charge in [-0.05, 0) is 69.7 Å². The number of amides is 2. The molecule has 0 fully saturated rings. The van der Waals surface area contributed by atoms with Crippen molar-refractivity contribution in [2.45, 2.75) is 50.7 Å². The van der Waals surface area contributed by atoms with Crippen LogP contribution in [0.2, 0.25) is 0 Å². The summed E-state index contributed by atoms with van der Waals surface area (Å²) in [5.74, 6) is -0.510. The van der Waals surface area contributed by atoms with Gasteiger partial charge in [-0.15, -0.1) is 0 Å². The summed E-state index contributed by atoms with van der Waals surface area (Å²) in [6.45, 7) is 6.35. The van der Waals surface area contributed by atoms with E-state index in [1.807, 2.05) is 20.8 Å². The molecular weight excluding hydrogens is 548 g/mol. The minimum absolute atomic E-state index is 0.00571. The lowest BCUT2D eigenvalue weighted by atomic mass is 10.1. The molecule has 0 aromatic heterocycles. The molecule has 0 aliphatic rings. The average Bonchev–Trinajstić information content (AvgIpc) is 2.93. The van der Waals surface area contributed by atoms with Crippen LogP contribution in [0.15, 0.2) is 83.8 Å². The minimum Gasteiger partial charge on any atom is -0.497 e. The van der Waals surface area contributed by atoms with Gasteiger partial charge in [0.1, 0.15) is 18.3 Å². The van der Waals surface area contributed by atoms with Crippen molar-refractivity contribution in [2.24, 2.45) is 0 Å². The first-order valence-electron chi connectivity index (χ1n) is 12.8. The fourth-order valence-corrected chi connectivity index (χ4v) is 5.45. The second-order valence-corrected chi connectivity index (χ2v) is 12.2. The standard InChI is InChI=1S/C29H34N4O7S/c1-21(28(35)30-29(2,3)4)31(19-22-10-9-11-25(18-22)40-5)27(34)20-32(23-14-16-24(17-15-23)33(36)37)41(38,39)26-12-7-6-8-13-26/h6-18,21H,19-20H2,1-5H3,(H,30,35). The summed E-state index contributed by atoms with van der Waals surface area (Å²) in [6, 6.07) is 18.5. The van der Waals surface area contributed by atoms with Crippen molar-refractivity contribution in [2.75, 3.05) is 18.0 Å². The number of nitro groups is 1. The number of carbonyl (C=O) groups is 2. The van der Waals surface area contributed by atoms with Gasteiger partial charge in [-0.2, -0.15) is 0 Å². The lowest BCUT2D eigenvalue weighted by molar-refractivity contribution is -0.384. The van der Waals surface area contributed by atoms with Gasteiger partial charge in [-0.3, -0.25) is 24.0 Å². The van der Waals surface area contributed by atoms with E-state index in [0.717, 1.165) is 4.31 Å². The van der Waals surface area contributed by atoms with E-state index in [2.05, 4.69) is 5.32 Å². The molecule has 0 saturated carbocycles. The number of ether oxygens (including phenoxy) is 1. The topological polar surface area (TPSA) is 139 Å². The molecule has 218 valence electrons. The van der Waals surface area contributed by atoms with Crippen molar-refractivity contribution in [3.05, 3.63) is 94.5 Å². The van der Waals surface area contributed by atoms with Crippen LogP contribution in [0.4, 0.5) is 11.4 Å². The van der Waals surface area contributed by atoms with E-state index in [0.29, 0.717) is 11.3 Å². The molecule has 1 unspecified atom stereocenters. The summed E-state index contributed by atoms with van der Waals surface area (Å²) in [5.41, 5.74) is -0.0802. The molecule has 0 aliphatic heterocycles. The van der Waals surface area contributed by atoms with Gasteiger partial charge in [0.2, 0.25) is 11.8 Å². The Hall–Kier alpha value is -4.45. The Morgan fingerprint density at radius 2 is 1.63 bits per heavy atom. The molecule has 41 heavy (non-hydrogen) atoms. The van der Waals surface area contributed by atoms with E-state index in [1.165, 1.54) is 48.4 Å². The van der Waals surface area contributed by atoms with Gasteiger partial charge in [-0.1, -0.05) is 30.3 Å². The van der Waals surface area contributed by atoms with Crippen LogP contribution in [0.1, 0.15) is 33.3 Å². The second-order valence-electron chi connectivity index (χ2n) is 10.4. The third-order valence-electron chi connectivity index (χ3n) is 6.11. The van der Waals surface area contributed by atoms with Gasteiger partial charge in [-0.25, -0.2) is 8.42 Å². The van der Waals surface area contributed by atoms with Crippen LogP contribution in [-0.4, -0.2) is 55.3 Å². The number of nitrogens with zero attached hydrogens (tertiary/aromatic N) is 3. The van der Waals surface area contributed by atoms with E-state index < -0.39 is 44.9 Å². The van der Waals surface area contributed by atoms with Crippen LogP contribution in [0.25, 0.3) is 0 Å². The molecule has 3 aromatic rings. The van der Waals surface area contributed by atoms with Gasteiger partial charge in [0.05, 0.1) is 22.6 Å². The SMILES string of the molecule is COc1cccc(CN(C(=O)CN(c2ccc([N+](=O)[O-])cc2)S(=O)(=O)c2ccccc2)C(C)C(=O)NC(C)(C)C)c1. The highest BCUT2D eigenvalue weighted by Crippen LogP contribution is 2.27. The summed E-state index contributed by atoms with van der Waals surface area (Å²) < 4.78 is 33.7. The maximum Gasteiger partial charge on any atom is 0.269 e. The maximum absolute atomic E-state index is 14.0. The van der Waals surface area contributed by atoms with Gasteiger partial charge in [0.25, 0.3) is 15.7 Å². The molecule has 1 N–H and O–H groups in total. The van der Waals surface area contributed by atoms with Crippen LogP contribution >= 0.6 is 0 Å². The Labute approximate surface area is 239 Å². The smallest absolute Gasteiger partial charge is 0.269 e. The van der Waals surface area contributed by atoms with Crippen molar-refractivity contribution in [3.63, 3.8) is 0 Å².